The summed E-state index contributed by atoms with van der Waals surface area (Å²) in [6.45, 7) is 1.82. The third kappa shape index (κ3) is 1.59. The molecule has 16 heavy (non-hydrogen) atoms. The number of aromatic nitrogens is 3. The first-order chi connectivity index (χ1) is 7.95. The van der Waals surface area contributed by atoms with Gasteiger partial charge in [0.2, 0.25) is 6.39 Å². The minimum absolute atomic E-state index is 0.281. The molecule has 1 N–H and O–H groups in total. The van der Waals surface area contributed by atoms with Crippen LogP contribution in [0, 0.1) is 0 Å². The second-order valence-electron chi connectivity index (χ2n) is 3.95. The second kappa shape index (κ2) is 4.02. The maximum absolute atomic E-state index is 4.81. The number of nitrogens with zero attached hydrogens (tertiary/aromatic N) is 3. The fraction of sp³-hybridized carbons (Fsp3) is 0.364. The van der Waals surface area contributed by atoms with Crippen molar-refractivity contribution in [2.45, 2.75) is 11.8 Å². The molecular weight excluding hydrogens is 204 g/mol. The monoisotopic (exact) mass is 216 g/mol. The van der Waals surface area contributed by atoms with Crippen molar-refractivity contribution in [2.75, 3.05) is 13.1 Å². The summed E-state index contributed by atoms with van der Waals surface area (Å²) in [5.41, 5.74) is 1.22. The molecule has 2 atom stereocenters. The summed E-state index contributed by atoms with van der Waals surface area (Å²) in [4.78, 5) is 8.29. The van der Waals surface area contributed by atoms with Crippen molar-refractivity contribution >= 4 is 0 Å². The number of hydrogen-bond donors (Lipinski definition) is 1. The van der Waals surface area contributed by atoms with Crippen LogP contribution in [-0.4, -0.2) is 28.2 Å². The predicted molar refractivity (Wildman–Crippen MR) is 56.9 cm³/mol. The molecule has 0 saturated carbocycles. The number of nitrogens with one attached hydrogen (secondary N) is 1. The molecule has 1 fully saturated rings. The van der Waals surface area contributed by atoms with Gasteiger partial charge in [-0.15, -0.1) is 0 Å². The highest BCUT2D eigenvalue weighted by Gasteiger charge is 2.32. The maximum Gasteiger partial charge on any atom is 0.213 e. The van der Waals surface area contributed by atoms with E-state index in [4.69, 9.17) is 4.52 Å². The number of pyridine rings is 1. The first kappa shape index (κ1) is 9.47. The van der Waals surface area contributed by atoms with Crippen molar-refractivity contribution in [3.05, 3.63) is 42.3 Å². The molecule has 82 valence electrons. The zero-order valence-corrected chi connectivity index (χ0v) is 8.71. The Balaban J connectivity index is 1.90. The fourth-order valence-electron chi connectivity index (χ4n) is 2.24. The minimum atomic E-state index is 0.281. The third-order valence-corrected chi connectivity index (χ3v) is 3.04. The minimum Gasteiger partial charge on any atom is -0.343 e. The van der Waals surface area contributed by atoms with Crippen molar-refractivity contribution < 1.29 is 4.52 Å². The van der Waals surface area contributed by atoms with Gasteiger partial charge in [0.1, 0.15) is 0 Å². The lowest BCUT2D eigenvalue weighted by molar-refractivity contribution is 0.403. The van der Waals surface area contributed by atoms with Crippen LogP contribution >= 0.6 is 0 Å². The normalized spacial score (nSPS) is 24.8. The molecule has 0 radical (unpaired) electrons. The van der Waals surface area contributed by atoms with Gasteiger partial charge in [-0.05, 0) is 11.6 Å². The first-order valence-corrected chi connectivity index (χ1v) is 5.32. The summed E-state index contributed by atoms with van der Waals surface area (Å²) in [6, 6.07) is 4.05. The molecule has 5 heteroatoms. The van der Waals surface area contributed by atoms with Crippen molar-refractivity contribution in [3.63, 3.8) is 0 Å². The van der Waals surface area contributed by atoms with Gasteiger partial charge in [-0.1, -0.05) is 11.2 Å². The molecule has 0 aromatic carbocycles. The van der Waals surface area contributed by atoms with Crippen LogP contribution in [0.1, 0.15) is 23.2 Å². The van der Waals surface area contributed by atoms with E-state index in [9.17, 15) is 0 Å². The molecule has 2 aromatic heterocycles. The van der Waals surface area contributed by atoms with Gasteiger partial charge in [-0.3, -0.25) is 4.98 Å². The largest absolute Gasteiger partial charge is 0.343 e. The van der Waals surface area contributed by atoms with Gasteiger partial charge in [0.15, 0.2) is 5.82 Å². The molecule has 0 amide bonds. The van der Waals surface area contributed by atoms with Gasteiger partial charge < -0.3 is 9.84 Å². The molecule has 3 rings (SSSR count). The molecule has 0 unspecified atom stereocenters. The van der Waals surface area contributed by atoms with Gasteiger partial charge in [-0.2, -0.15) is 4.98 Å². The van der Waals surface area contributed by atoms with E-state index in [1.165, 1.54) is 12.0 Å². The zero-order valence-electron chi connectivity index (χ0n) is 8.71. The highest BCUT2D eigenvalue weighted by molar-refractivity contribution is 5.22. The van der Waals surface area contributed by atoms with Crippen molar-refractivity contribution in [3.8, 4) is 0 Å². The molecule has 0 bridgehead atoms. The van der Waals surface area contributed by atoms with E-state index in [2.05, 4.69) is 26.5 Å². The fourth-order valence-corrected chi connectivity index (χ4v) is 2.24. The quantitative estimate of drug-likeness (QED) is 0.809. The van der Waals surface area contributed by atoms with Crippen LogP contribution in [0.3, 0.4) is 0 Å². The smallest absolute Gasteiger partial charge is 0.213 e. The van der Waals surface area contributed by atoms with E-state index in [1.807, 2.05) is 12.3 Å². The Bertz CT molecular complexity index is 442. The van der Waals surface area contributed by atoms with Crippen molar-refractivity contribution in [1.82, 2.24) is 20.4 Å². The Kier molecular flexibility index (Phi) is 2.38. The van der Waals surface area contributed by atoms with E-state index >= 15 is 0 Å². The number of rotatable bonds is 2. The van der Waals surface area contributed by atoms with E-state index in [0.29, 0.717) is 5.92 Å². The van der Waals surface area contributed by atoms with Gasteiger partial charge >= 0.3 is 0 Å². The van der Waals surface area contributed by atoms with Crippen LogP contribution in [0.2, 0.25) is 0 Å². The van der Waals surface area contributed by atoms with Crippen molar-refractivity contribution in [2.24, 2.45) is 0 Å². The average Bonchev–Trinajstić information content (AvgIpc) is 3.01. The summed E-state index contributed by atoms with van der Waals surface area (Å²) in [7, 11) is 0. The maximum atomic E-state index is 4.81. The Morgan fingerprint density at radius 1 is 1.31 bits per heavy atom. The molecule has 0 aliphatic carbocycles. The summed E-state index contributed by atoms with van der Waals surface area (Å²) >= 11 is 0. The van der Waals surface area contributed by atoms with Crippen LogP contribution in [0.5, 0.6) is 0 Å². The van der Waals surface area contributed by atoms with Gasteiger partial charge in [0, 0.05) is 37.3 Å². The Labute approximate surface area is 92.9 Å². The lowest BCUT2D eigenvalue weighted by Crippen LogP contribution is -2.10. The Morgan fingerprint density at radius 3 is 3.00 bits per heavy atom. The third-order valence-electron chi connectivity index (χ3n) is 3.04. The highest BCUT2D eigenvalue weighted by Crippen LogP contribution is 2.33. The summed E-state index contributed by atoms with van der Waals surface area (Å²) < 4.78 is 4.81. The van der Waals surface area contributed by atoms with Crippen molar-refractivity contribution in [1.29, 1.82) is 0 Å². The van der Waals surface area contributed by atoms with Crippen LogP contribution in [0.15, 0.2) is 35.4 Å². The molecule has 2 aromatic rings. The summed E-state index contributed by atoms with van der Waals surface area (Å²) in [5, 5.41) is 7.29. The van der Waals surface area contributed by atoms with Crippen LogP contribution in [-0.2, 0) is 0 Å². The summed E-state index contributed by atoms with van der Waals surface area (Å²) in [5.74, 6) is 1.44. The summed E-state index contributed by atoms with van der Waals surface area (Å²) in [6.07, 6.45) is 5.08. The molecule has 5 nitrogen and oxygen atoms in total. The van der Waals surface area contributed by atoms with Gasteiger partial charge in [0.25, 0.3) is 0 Å². The van der Waals surface area contributed by atoms with E-state index in [1.54, 1.807) is 6.20 Å². The van der Waals surface area contributed by atoms with E-state index in [-0.39, 0.29) is 5.92 Å². The Hall–Kier alpha value is -1.75. The Morgan fingerprint density at radius 2 is 2.25 bits per heavy atom. The average molecular weight is 216 g/mol. The predicted octanol–water partition coefficient (Wildman–Crippen LogP) is 0.935. The molecule has 1 aliphatic heterocycles. The van der Waals surface area contributed by atoms with Gasteiger partial charge in [0.05, 0.1) is 0 Å². The second-order valence-corrected chi connectivity index (χ2v) is 3.95. The molecule has 1 aliphatic rings. The molecule has 0 spiro atoms. The first-order valence-electron chi connectivity index (χ1n) is 5.32. The van der Waals surface area contributed by atoms with Crippen LogP contribution in [0.4, 0.5) is 0 Å². The number of hydrogen-bond acceptors (Lipinski definition) is 5. The van der Waals surface area contributed by atoms with Crippen LogP contribution < -0.4 is 5.32 Å². The lowest BCUT2D eigenvalue weighted by atomic mass is 9.89. The van der Waals surface area contributed by atoms with E-state index < -0.39 is 0 Å². The zero-order chi connectivity index (χ0) is 10.8. The topological polar surface area (TPSA) is 63.8 Å². The molecule has 1 saturated heterocycles. The van der Waals surface area contributed by atoms with E-state index in [0.717, 1.165) is 18.9 Å². The van der Waals surface area contributed by atoms with Gasteiger partial charge in [-0.25, -0.2) is 0 Å². The molecule has 3 heterocycles. The standard InChI is InChI=1S/C11H12N4O/c1-2-8(4-12-3-1)9-5-13-6-10(9)11-14-7-16-15-11/h1-4,7,9-10,13H,5-6H2/t9-,10+/m1/s1. The highest BCUT2D eigenvalue weighted by atomic mass is 16.5. The lowest BCUT2D eigenvalue weighted by Gasteiger charge is -2.14. The molecular formula is C11H12N4O. The van der Waals surface area contributed by atoms with Crippen LogP contribution in [0.25, 0.3) is 0 Å². The SMILES string of the molecule is c1cncc([C@H]2CNC[C@@H]2c2ncon2)c1.